The number of piperidine rings is 2. The van der Waals surface area contributed by atoms with Gasteiger partial charge in [-0.25, -0.2) is 0 Å². The molecule has 0 bridgehead atoms. The van der Waals surface area contributed by atoms with Crippen LogP contribution in [-0.2, 0) is 6.54 Å². The Morgan fingerprint density at radius 1 is 0.821 bits per heavy atom. The maximum atomic E-state index is 13.0. The first-order valence-electron chi connectivity index (χ1n) is 11.5. The van der Waals surface area contributed by atoms with Crippen molar-refractivity contribution < 1.29 is 4.79 Å². The number of hydrogen-bond acceptors (Lipinski definition) is 5. The average molecular weight is 387 g/mol. The van der Waals surface area contributed by atoms with Crippen LogP contribution in [0.2, 0.25) is 0 Å². The topological polar surface area (TPSA) is 57.5 Å². The maximum Gasteiger partial charge on any atom is 0.291 e. The molecule has 0 aromatic carbocycles. The van der Waals surface area contributed by atoms with E-state index in [0.29, 0.717) is 11.7 Å². The van der Waals surface area contributed by atoms with Crippen molar-refractivity contribution in [2.45, 2.75) is 70.4 Å². The van der Waals surface area contributed by atoms with Gasteiger partial charge in [0.25, 0.3) is 5.91 Å². The van der Waals surface area contributed by atoms with Gasteiger partial charge in [-0.1, -0.05) is 6.42 Å². The van der Waals surface area contributed by atoms with Crippen molar-refractivity contribution in [2.75, 3.05) is 44.2 Å². The summed E-state index contributed by atoms with van der Waals surface area (Å²) in [7, 11) is 0. The van der Waals surface area contributed by atoms with E-state index in [1.807, 2.05) is 4.90 Å². The molecule has 0 atom stereocenters. The first kappa shape index (κ1) is 18.4. The van der Waals surface area contributed by atoms with Crippen LogP contribution in [0.3, 0.4) is 0 Å². The number of hydrogen-bond donors (Lipinski definition) is 0. The summed E-state index contributed by atoms with van der Waals surface area (Å²) in [6.45, 7) is 7.25. The summed E-state index contributed by atoms with van der Waals surface area (Å²) in [5.41, 5.74) is 0. The van der Waals surface area contributed by atoms with Crippen LogP contribution in [0.4, 0.5) is 5.95 Å². The first-order chi connectivity index (χ1) is 13.8. The molecule has 7 heteroatoms. The van der Waals surface area contributed by atoms with Gasteiger partial charge < -0.3 is 14.7 Å². The van der Waals surface area contributed by atoms with E-state index >= 15 is 0 Å². The number of nitrogens with zero attached hydrogens (tertiary/aromatic N) is 6. The smallest absolute Gasteiger partial charge is 0.291 e. The molecule has 1 aromatic rings. The molecule has 0 N–H and O–H groups in total. The molecule has 1 aromatic heterocycles. The van der Waals surface area contributed by atoms with Crippen LogP contribution in [0.15, 0.2) is 0 Å². The molecule has 28 heavy (non-hydrogen) atoms. The summed E-state index contributed by atoms with van der Waals surface area (Å²) >= 11 is 0. The molecule has 154 valence electrons. The van der Waals surface area contributed by atoms with Crippen LogP contribution in [0.5, 0.6) is 0 Å². The van der Waals surface area contributed by atoms with Crippen molar-refractivity contribution in [1.29, 1.82) is 0 Å². The number of rotatable bonds is 5. The van der Waals surface area contributed by atoms with E-state index in [9.17, 15) is 4.79 Å². The van der Waals surface area contributed by atoms with E-state index in [-0.39, 0.29) is 5.91 Å². The van der Waals surface area contributed by atoms with Crippen LogP contribution >= 0.6 is 0 Å². The number of anilines is 1. The molecule has 1 saturated carbocycles. The van der Waals surface area contributed by atoms with E-state index in [0.717, 1.165) is 57.6 Å². The normalized spacial score (nSPS) is 24.9. The molecule has 4 fully saturated rings. The SMILES string of the molecule is O=C(c1nnc(N2CCC(N3CCCCC3)CC2)n1CC1CC1)N1CCCC1. The van der Waals surface area contributed by atoms with Gasteiger partial charge in [-0.3, -0.25) is 9.36 Å². The summed E-state index contributed by atoms with van der Waals surface area (Å²) in [5, 5.41) is 8.92. The van der Waals surface area contributed by atoms with Gasteiger partial charge >= 0.3 is 0 Å². The Balaban J connectivity index is 1.30. The summed E-state index contributed by atoms with van der Waals surface area (Å²) < 4.78 is 2.15. The van der Waals surface area contributed by atoms with Crippen molar-refractivity contribution in [1.82, 2.24) is 24.6 Å². The molecule has 0 radical (unpaired) electrons. The largest absolute Gasteiger partial charge is 0.341 e. The molecule has 0 spiro atoms. The zero-order valence-corrected chi connectivity index (χ0v) is 17.1. The van der Waals surface area contributed by atoms with Crippen LogP contribution < -0.4 is 4.90 Å². The van der Waals surface area contributed by atoms with E-state index in [2.05, 4.69) is 24.6 Å². The molecule has 3 aliphatic heterocycles. The van der Waals surface area contributed by atoms with E-state index < -0.39 is 0 Å². The Morgan fingerprint density at radius 3 is 2.18 bits per heavy atom. The molecule has 1 amide bonds. The lowest BCUT2D eigenvalue weighted by Gasteiger charge is -2.40. The predicted molar refractivity (Wildman–Crippen MR) is 109 cm³/mol. The summed E-state index contributed by atoms with van der Waals surface area (Å²) in [6, 6.07) is 0.724. The van der Waals surface area contributed by atoms with Crippen LogP contribution in [0, 0.1) is 5.92 Å². The first-order valence-corrected chi connectivity index (χ1v) is 11.5. The number of carbonyl (C=O) groups is 1. The number of carbonyl (C=O) groups excluding carboxylic acids is 1. The number of amides is 1. The zero-order chi connectivity index (χ0) is 18.9. The number of likely N-dealkylation sites (tertiary alicyclic amines) is 2. The van der Waals surface area contributed by atoms with Crippen molar-refractivity contribution in [3.05, 3.63) is 5.82 Å². The minimum atomic E-state index is 0.0834. The minimum Gasteiger partial charge on any atom is -0.341 e. The highest BCUT2D eigenvalue weighted by atomic mass is 16.2. The lowest BCUT2D eigenvalue weighted by molar-refractivity contribution is 0.0775. The molecular weight excluding hydrogens is 352 g/mol. The second-order valence-corrected chi connectivity index (χ2v) is 9.19. The summed E-state index contributed by atoms with van der Waals surface area (Å²) in [5.74, 6) is 2.29. The monoisotopic (exact) mass is 386 g/mol. The zero-order valence-electron chi connectivity index (χ0n) is 17.1. The predicted octanol–water partition coefficient (Wildman–Crippen LogP) is 2.38. The van der Waals surface area contributed by atoms with Crippen molar-refractivity contribution >= 4 is 11.9 Å². The molecular formula is C21H34N6O. The minimum absolute atomic E-state index is 0.0834. The molecule has 4 heterocycles. The highest BCUT2D eigenvalue weighted by Crippen LogP contribution is 2.33. The average Bonchev–Trinajstić information content (AvgIpc) is 3.23. The fourth-order valence-corrected chi connectivity index (χ4v) is 5.19. The van der Waals surface area contributed by atoms with Gasteiger partial charge in [0.2, 0.25) is 11.8 Å². The number of aromatic nitrogens is 3. The Bertz CT molecular complexity index is 679. The molecule has 7 nitrogen and oxygen atoms in total. The van der Waals surface area contributed by atoms with Gasteiger partial charge in [-0.2, -0.15) is 0 Å². The Kier molecular flexibility index (Phi) is 5.26. The van der Waals surface area contributed by atoms with E-state index in [1.165, 1.54) is 58.0 Å². The van der Waals surface area contributed by atoms with Crippen LogP contribution in [-0.4, -0.2) is 75.8 Å². The van der Waals surface area contributed by atoms with Gasteiger partial charge in [-0.05, 0) is 70.4 Å². The second-order valence-electron chi connectivity index (χ2n) is 9.19. The van der Waals surface area contributed by atoms with Gasteiger partial charge in [-0.15, -0.1) is 10.2 Å². The highest BCUT2D eigenvalue weighted by Gasteiger charge is 2.33. The Hall–Kier alpha value is -1.63. The third-order valence-corrected chi connectivity index (χ3v) is 7.11. The Morgan fingerprint density at radius 2 is 1.50 bits per heavy atom. The van der Waals surface area contributed by atoms with Gasteiger partial charge in [0.1, 0.15) is 0 Å². The van der Waals surface area contributed by atoms with E-state index in [4.69, 9.17) is 0 Å². The lowest BCUT2D eigenvalue weighted by Crippen LogP contribution is -2.47. The molecule has 3 saturated heterocycles. The van der Waals surface area contributed by atoms with Crippen molar-refractivity contribution in [2.24, 2.45) is 5.92 Å². The molecule has 1 aliphatic carbocycles. The van der Waals surface area contributed by atoms with Gasteiger partial charge in [0.05, 0.1) is 0 Å². The second kappa shape index (κ2) is 8.01. The highest BCUT2D eigenvalue weighted by molar-refractivity contribution is 5.91. The Labute approximate surface area is 168 Å². The van der Waals surface area contributed by atoms with Gasteiger partial charge in [0, 0.05) is 38.8 Å². The quantitative estimate of drug-likeness (QED) is 0.778. The van der Waals surface area contributed by atoms with Crippen LogP contribution in [0.25, 0.3) is 0 Å². The molecule has 5 rings (SSSR count). The standard InChI is InChI=1S/C21H34N6O/c28-20(25-12-4-5-13-25)19-22-23-21(27(19)16-17-6-7-17)26-14-8-18(9-15-26)24-10-2-1-3-11-24/h17-18H,1-16H2. The van der Waals surface area contributed by atoms with Crippen LogP contribution in [0.1, 0.15) is 68.4 Å². The summed E-state index contributed by atoms with van der Waals surface area (Å²) in [4.78, 5) is 20.1. The maximum absolute atomic E-state index is 13.0. The van der Waals surface area contributed by atoms with E-state index in [1.54, 1.807) is 0 Å². The third-order valence-electron chi connectivity index (χ3n) is 7.11. The van der Waals surface area contributed by atoms with Crippen molar-refractivity contribution in [3.8, 4) is 0 Å². The van der Waals surface area contributed by atoms with Crippen molar-refractivity contribution in [3.63, 3.8) is 0 Å². The third kappa shape index (κ3) is 3.78. The summed E-state index contributed by atoms with van der Waals surface area (Å²) in [6.07, 6.45) is 11.3. The fourth-order valence-electron chi connectivity index (χ4n) is 5.19. The lowest BCUT2D eigenvalue weighted by atomic mass is 10.00. The fraction of sp³-hybridized carbons (Fsp3) is 0.857. The molecule has 4 aliphatic rings. The van der Waals surface area contributed by atoms with Gasteiger partial charge in [0.15, 0.2) is 0 Å². The molecule has 0 unspecified atom stereocenters.